The fourth-order valence-corrected chi connectivity index (χ4v) is 3.49. The van der Waals surface area contributed by atoms with Crippen LogP contribution in [-0.4, -0.2) is 5.78 Å². The molecule has 0 amide bonds. The third kappa shape index (κ3) is 2.43. The Balaban J connectivity index is 1.61. The van der Waals surface area contributed by atoms with Crippen molar-refractivity contribution in [2.24, 2.45) is 17.8 Å². The number of hydrogen-bond donors (Lipinski definition) is 0. The van der Waals surface area contributed by atoms with Crippen LogP contribution in [0.25, 0.3) is 0 Å². The molecule has 3 atom stereocenters. The number of hydrogen-bond acceptors (Lipinski definition) is 1. The molecule has 0 aromatic carbocycles. The summed E-state index contributed by atoms with van der Waals surface area (Å²) in [6.45, 7) is 2.26. The standard InChI is InChI=1S/C14H24O/c1-2-3-4-5-6-7-11-8-9-12-10-13(15)14(11)12/h11-12,14H,2-10H2,1H3. The number of carbonyl (C=O) groups is 1. The first-order valence-corrected chi connectivity index (χ1v) is 6.85. The fourth-order valence-electron chi connectivity index (χ4n) is 3.49. The van der Waals surface area contributed by atoms with Crippen LogP contribution in [0.5, 0.6) is 0 Å². The molecule has 1 heteroatoms. The first-order valence-electron chi connectivity index (χ1n) is 6.85. The Bertz CT molecular complexity index is 221. The summed E-state index contributed by atoms with van der Waals surface area (Å²) in [4.78, 5) is 11.5. The lowest BCUT2D eigenvalue weighted by molar-refractivity contribution is -0.134. The van der Waals surface area contributed by atoms with Gasteiger partial charge in [-0.2, -0.15) is 0 Å². The molecular weight excluding hydrogens is 184 g/mol. The van der Waals surface area contributed by atoms with Crippen molar-refractivity contribution in [3.05, 3.63) is 0 Å². The van der Waals surface area contributed by atoms with E-state index in [1.807, 2.05) is 0 Å². The zero-order valence-electron chi connectivity index (χ0n) is 10.0. The van der Waals surface area contributed by atoms with E-state index in [0.717, 1.165) is 18.3 Å². The van der Waals surface area contributed by atoms with Gasteiger partial charge in [-0.25, -0.2) is 0 Å². The summed E-state index contributed by atoms with van der Waals surface area (Å²) in [5, 5.41) is 0. The van der Waals surface area contributed by atoms with Gasteiger partial charge < -0.3 is 0 Å². The van der Waals surface area contributed by atoms with E-state index in [2.05, 4.69) is 6.92 Å². The SMILES string of the molecule is CCCCCCCC1CCC2CC(=O)C12. The molecule has 2 saturated carbocycles. The number of rotatable bonds is 6. The number of unbranched alkanes of at least 4 members (excludes halogenated alkanes) is 4. The highest BCUT2D eigenvalue weighted by molar-refractivity contribution is 5.88. The second-order valence-electron chi connectivity index (χ2n) is 5.50. The van der Waals surface area contributed by atoms with Gasteiger partial charge in [0.15, 0.2) is 0 Å². The number of fused-ring (bicyclic) bond motifs is 1. The highest BCUT2D eigenvalue weighted by Gasteiger charge is 2.48. The predicted octanol–water partition coefficient (Wildman–Crippen LogP) is 3.96. The third-order valence-electron chi connectivity index (χ3n) is 4.44. The summed E-state index contributed by atoms with van der Waals surface area (Å²) < 4.78 is 0. The van der Waals surface area contributed by atoms with Gasteiger partial charge >= 0.3 is 0 Å². The maximum Gasteiger partial charge on any atom is 0.136 e. The van der Waals surface area contributed by atoms with Crippen molar-refractivity contribution in [2.75, 3.05) is 0 Å². The first-order chi connectivity index (χ1) is 7.33. The van der Waals surface area contributed by atoms with Gasteiger partial charge in [-0.15, -0.1) is 0 Å². The molecule has 15 heavy (non-hydrogen) atoms. The van der Waals surface area contributed by atoms with Crippen molar-refractivity contribution in [3.8, 4) is 0 Å². The van der Waals surface area contributed by atoms with E-state index in [0.29, 0.717) is 11.7 Å². The average molecular weight is 208 g/mol. The van der Waals surface area contributed by atoms with Gasteiger partial charge in [0.25, 0.3) is 0 Å². The summed E-state index contributed by atoms with van der Waals surface area (Å²) in [6.07, 6.45) is 11.8. The third-order valence-corrected chi connectivity index (χ3v) is 4.44. The zero-order chi connectivity index (χ0) is 10.7. The van der Waals surface area contributed by atoms with Crippen molar-refractivity contribution in [3.63, 3.8) is 0 Å². The van der Waals surface area contributed by atoms with Crippen LogP contribution in [0, 0.1) is 17.8 Å². The highest BCUT2D eigenvalue weighted by atomic mass is 16.1. The van der Waals surface area contributed by atoms with Crippen LogP contribution in [0.1, 0.15) is 64.7 Å². The van der Waals surface area contributed by atoms with E-state index in [1.165, 1.54) is 51.4 Å². The summed E-state index contributed by atoms with van der Waals surface area (Å²) in [7, 11) is 0. The number of carbonyl (C=O) groups excluding carboxylic acids is 1. The second kappa shape index (κ2) is 5.14. The van der Waals surface area contributed by atoms with E-state index in [1.54, 1.807) is 0 Å². The van der Waals surface area contributed by atoms with E-state index < -0.39 is 0 Å². The summed E-state index contributed by atoms with van der Waals surface area (Å²) in [6, 6.07) is 0. The number of ketones is 1. The molecule has 86 valence electrons. The van der Waals surface area contributed by atoms with Crippen LogP contribution in [-0.2, 0) is 4.79 Å². The first kappa shape index (κ1) is 11.2. The maximum atomic E-state index is 11.5. The quantitative estimate of drug-likeness (QED) is 0.604. The van der Waals surface area contributed by atoms with Crippen molar-refractivity contribution in [1.29, 1.82) is 0 Å². The Morgan fingerprint density at radius 3 is 2.67 bits per heavy atom. The van der Waals surface area contributed by atoms with Gasteiger partial charge in [-0.3, -0.25) is 4.79 Å². The van der Waals surface area contributed by atoms with Gasteiger partial charge in [0.05, 0.1) is 0 Å². The van der Waals surface area contributed by atoms with Crippen LogP contribution in [0.2, 0.25) is 0 Å². The topological polar surface area (TPSA) is 17.1 Å². The molecule has 0 radical (unpaired) electrons. The van der Waals surface area contributed by atoms with Crippen molar-refractivity contribution < 1.29 is 4.79 Å². The molecular formula is C14H24O. The Morgan fingerprint density at radius 2 is 1.93 bits per heavy atom. The minimum Gasteiger partial charge on any atom is -0.299 e. The Morgan fingerprint density at radius 1 is 1.13 bits per heavy atom. The van der Waals surface area contributed by atoms with E-state index in [9.17, 15) is 4.79 Å². The molecule has 2 fully saturated rings. The maximum absolute atomic E-state index is 11.5. The molecule has 0 aliphatic heterocycles. The predicted molar refractivity (Wildman–Crippen MR) is 62.7 cm³/mol. The zero-order valence-corrected chi connectivity index (χ0v) is 10.0. The molecule has 0 spiro atoms. The lowest BCUT2D eigenvalue weighted by Crippen LogP contribution is -2.36. The van der Waals surface area contributed by atoms with Crippen molar-refractivity contribution in [2.45, 2.75) is 64.7 Å². The Labute approximate surface area is 93.6 Å². The van der Waals surface area contributed by atoms with Gasteiger partial charge in [0.2, 0.25) is 0 Å². The van der Waals surface area contributed by atoms with E-state index >= 15 is 0 Å². The minimum atomic E-state index is 0.510. The van der Waals surface area contributed by atoms with Crippen LogP contribution in [0.15, 0.2) is 0 Å². The summed E-state index contributed by atoms with van der Waals surface area (Å²) >= 11 is 0. The Kier molecular flexibility index (Phi) is 3.82. The van der Waals surface area contributed by atoms with Gasteiger partial charge in [0.1, 0.15) is 5.78 Å². The molecule has 0 bridgehead atoms. The molecule has 3 unspecified atom stereocenters. The van der Waals surface area contributed by atoms with Gasteiger partial charge in [0, 0.05) is 12.3 Å². The van der Waals surface area contributed by atoms with Gasteiger partial charge in [-0.1, -0.05) is 39.0 Å². The molecule has 0 aromatic rings. The molecule has 0 heterocycles. The van der Waals surface area contributed by atoms with Crippen molar-refractivity contribution in [1.82, 2.24) is 0 Å². The monoisotopic (exact) mass is 208 g/mol. The number of Topliss-reactive ketones (excluding diaryl/α,β-unsaturated/α-hetero) is 1. The molecule has 2 aliphatic rings. The molecule has 0 aromatic heterocycles. The molecule has 1 nitrogen and oxygen atoms in total. The lowest BCUT2D eigenvalue weighted by atomic mass is 9.70. The fraction of sp³-hybridized carbons (Fsp3) is 0.929. The van der Waals surface area contributed by atoms with Crippen LogP contribution < -0.4 is 0 Å². The average Bonchev–Trinajstić information content (AvgIpc) is 2.54. The molecule has 2 aliphatic carbocycles. The summed E-state index contributed by atoms with van der Waals surface area (Å²) in [5.74, 6) is 2.67. The second-order valence-corrected chi connectivity index (χ2v) is 5.50. The summed E-state index contributed by atoms with van der Waals surface area (Å²) in [5.41, 5.74) is 0. The van der Waals surface area contributed by atoms with Gasteiger partial charge in [-0.05, 0) is 31.1 Å². The van der Waals surface area contributed by atoms with Crippen LogP contribution in [0.4, 0.5) is 0 Å². The minimum absolute atomic E-state index is 0.510. The van der Waals surface area contributed by atoms with Crippen LogP contribution in [0.3, 0.4) is 0 Å². The van der Waals surface area contributed by atoms with E-state index in [4.69, 9.17) is 0 Å². The largest absolute Gasteiger partial charge is 0.299 e. The van der Waals surface area contributed by atoms with Crippen molar-refractivity contribution >= 4 is 5.78 Å². The smallest absolute Gasteiger partial charge is 0.136 e. The molecule has 0 N–H and O–H groups in total. The van der Waals surface area contributed by atoms with E-state index in [-0.39, 0.29) is 0 Å². The highest BCUT2D eigenvalue weighted by Crippen LogP contribution is 2.49. The Hall–Kier alpha value is -0.330. The molecule has 2 rings (SSSR count). The van der Waals surface area contributed by atoms with Crippen LogP contribution >= 0.6 is 0 Å². The lowest BCUT2D eigenvalue weighted by Gasteiger charge is -2.32. The molecule has 0 saturated heterocycles. The normalized spacial score (nSPS) is 33.9.